The van der Waals surface area contributed by atoms with E-state index in [9.17, 15) is 13.2 Å². The van der Waals surface area contributed by atoms with Crippen LogP contribution in [0.1, 0.15) is 17.3 Å². The number of benzene rings is 1. The van der Waals surface area contributed by atoms with Crippen LogP contribution in [0.5, 0.6) is 0 Å². The van der Waals surface area contributed by atoms with Crippen LogP contribution in [-0.4, -0.2) is 60.0 Å². The van der Waals surface area contributed by atoms with Gasteiger partial charge in [-0.25, -0.2) is 13.4 Å². The highest BCUT2D eigenvalue weighted by molar-refractivity contribution is 8.00. The van der Waals surface area contributed by atoms with E-state index in [0.29, 0.717) is 36.9 Å². The third-order valence-electron chi connectivity index (χ3n) is 4.84. The number of aromatic amines is 1. The zero-order valence-corrected chi connectivity index (χ0v) is 17.5. The molecule has 1 aliphatic heterocycles. The largest absolute Gasteiger partial charge is 0.379 e. The number of ketones is 1. The molecular weight excluding hydrogens is 410 g/mol. The number of H-pyrrole nitrogens is 1. The van der Waals surface area contributed by atoms with E-state index in [1.807, 2.05) is 31.2 Å². The van der Waals surface area contributed by atoms with Gasteiger partial charge in [-0.2, -0.15) is 4.31 Å². The maximum absolute atomic E-state index is 12.9. The number of carbonyl (C=O) groups excluding carboxylic acids is 1. The van der Waals surface area contributed by atoms with Crippen molar-refractivity contribution in [2.24, 2.45) is 0 Å². The third kappa shape index (κ3) is 4.09. The fraction of sp³-hybridized carbons (Fsp3) is 0.300. The van der Waals surface area contributed by atoms with E-state index in [2.05, 4.69) is 9.97 Å². The molecule has 0 aliphatic carbocycles. The van der Waals surface area contributed by atoms with Crippen molar-refractivity contribution in [1.82, 2.24) is 14.3 Å². The van der Waals surface area contributed by atoms with E-state index in [-0.39, 0.29) is 15.9 Å². The lowest BCUT2D eigenvalue weighted by atomic mass is 10.1. The van der Waals surface area contributed by atoms with Gasteiger partial charge in [0.25, 0.3) is 0 Å². The minimum Gasteiger partial charge on any atom is -0.379 e. The number of para-hydroxylation sites is 1. The van der Waals surface area contributed by atoms with Crippen molar-refractivity contribution in [2.45, 2.75) is 22.1 Å². The number of hydrogen-bond acceptors (Lipinski definition) is 6. The Morgan fingerprint density at radius 1 is 1.21 bits per heavy atom. The van der Waals surface area contributed by atoms with Crippen molar-refractivity contribution in [3.8, 4) is 0 Å². The second-order valence-corrected chi connectivity index (χ2v) is 10.0. The standard InChI is InChI=1S/C20H21N3O4S2/c1-14(20(24)17-13-21-18-5-3-2-4-16(17)18)28-19-7-6-15(12-22-19)29(25,26)23-8-10-27-11-9-23/h2-7,12-14,21H,8-11H2,1H3/t14-/m0/s1. The molecule has 2 aromatic heterocycles. The summed E-state index contributed by atoms with van der Waals surface area (Å²) in [6, 6.07) is 10.9. The van der Waals surface area contributed by atoms with Gasteiger partial charge in [0.1, 0.15) is 4.90 Å². The summed E-state index contributed by atoms with van der Waals surface area (Å²) in [5.74, 6) is -0.000681. The number of hydrogen-bond donors (Lipinski definition) is 1. The van der Waals surface area contributed by atoms with Gasteiger partial charge in [-0.3, -0.25) is 4.79 Å². The number of aromatic nitrogens is 2. The molecule has 152 valence electrons. The number of nitrogens with one attached hydrogen (secondary N) is 1. The van der Waals surface area contributed by atoms with E-state index < -0.39 is 10.0 Å². The van der Waals surface area contributed by atoms with Crippen LogP contribution in [0.4, 0.5) is 0 Å². The average Bonchev–Trinajstić information content (AvgIpc) is 3.18. The summed E-state index contributed by atoms with van der Waals surface area (Å²) < 4.78 is 32.0. The number of rotatable bonds is 6. The normalized spacial score (nSPS) is 16.7. The Bertz CT molecular complexity index is 1120. The average molecular weight is 432 g/mol. The number of thioether (sulfide) groups is 1. The van der Waals surface area contributed by atoms with Crippen LogP contribution < -0.4 is 0 Å². The quantitative estimate of drug-likeness (QED) is 0.477. The first kappa shape index (κ1) is 20.1. The molecule has 1 saturated heterocycles. The molecular formula is C20H21N3O4S2. The Kier molecular flexibility index (Phi) is 5.73. The van der Waals surface area contributed by atoms with Gasteiger partial charge in [0.05, 0.1) is 23.5 Å². The van der Waals surface area contributed by atoms with Crippen LogP contribution >= 0.6 is 11.8 Å². The first-order valence-corrected chi connectivity index (χ1v) is 11.6. The topological polar surface area (TPSA) is 92.4 Å². The Balaban J connectivity index is 1.47. The van der Waals surface area contributed by atoms with Gasteiger partial charge in [0.15, 0.2) is 5.78 Å². The number of Topliss-reactive ketones (excluding diaryl/α,β-unsaturated/α-hetero) is 1. The lowest BCUT2D eigenvalue weighted by molar-refractivity contribution is 0.0730. The Morgan fingerprint density at radius 3 is 2.69 bits per heavy atom. The molecule has 1 N–H and O–H groups in total. The van der Waals surface area contributed by atoms with Crippen LogP contribution in [0.15, 0.2) is 58.7 Å². The number of fused-ring (bicyclic) bond motifs is 1. The van der Waals surface area contributed by atoms with E-state index in [1.165, 1.54) is 22.3 Å². The van der Waals surface area contributed by atoms with Gasteiger partial charge in [-0.15, -0.1) is 0 Å². The van der Waals surface area contributed by atoms with E-state index in [0.717, 1.165) is 10.9 Å². The molecule has 1 aliphatic rings. The number of ether oxygens (including phenoxy) is 1. The highest BCUT2D eigenvalue weighted by Gasteiger charge is 2.27. The molecule has 1 atom stereocenters. The maximum atomic E-state index is 12.9. The smallest absolute Gasteiger partial charge is 0.244 e. The molecule has 0 radical (unpaired) electrons. The third-order valence-corrected chi connectivity index (χ3v) is 7.77. The summed E-state index contributed by atoms with van der Waals surface area (Å²) >= 11 is 1.31. The zero-order chi connectivity index (χ0) is 20.4. The lowest BCUT2D eigenvalue weighted by Gasteiger charge is -2.25. The molecule has 0 bridgehead atoms. The fourth-order valence-electron chi connectivity index (χ4n) is 3.25. The molecule has 3 aromatic rings. The molecule has 0 spiro atoms. The first-order valence-electron chi connectivity index (χ1n) is 9.28. The van der Waals surface area contributed by atoms with E-state index in [1.54, 1.807) is 18.3 Å². The van der Waals surface area contributed by atoms with Gasteiger partial charge < -0.3 is 9.72 Å². The van der Waals surface area contributed by atoms with Gasteiger partial charge >= 0.3 is 0 Å². The molecule has 29 heavy (non-hydrogen) atoms. The van der Waals surface area contributed by atoms with Crippen LogP contribution in [-0.2, 0) is 14.8 Å². The number of pyridine rings is 1. The molecule has 1 fully saturated rings. The molecule has 1 aromatic carbocycles. The first-order chi connectivity index (χ1) is 14.0. The van der Waals surface area contributed by atoms with Crippen molar-refractivity contribution in [3.05, 3.63) is 54.4 Å². The fourth-order valence-corrected chi connectivity index (χ4v) is 5.46. The Labute approximate surface area is 173 Å². The zero-order valence-electron chi connectivity index (χ0n) is 15.9. The Hall–Kier alpha value is -2.20. The van der Waals surface area contributed by atoms with Crippen LogP contribution in [0.2, 0.25) is 0 Å². The van der Waals surface area contributed by atoms with E-state index >= 15 is 0 Å². The second kappa shape index (κ2) is 8.27. The van der Waals surface area contributed by atoms with Crippen molar-refractivity contribution in [1.29, 1.82) is 0 Å². The SMILES string of the molecule is C[C@H](Sc1ccc(S(=O)(=O)N2CCOCC2)cn1)C(=O)c1c[nH]c2ccccc12. The molecule has 0 amide bonds. The Morgan fingerprint density at radius 2 is 1.97 bits per heavy atom. The van der Waals surface area contributed by atoms with Gasteiger partial charge in [0.2, 0.25) is 10.0 Å². The second-order valence-electron chi connectivity index (χ2n) is 6.72. The number of morpholine rings is 1. The van der Waals surface area contributed by atoms with Gasteiger partial charge in [0, 0.05) is 41.9 Å². The number of sulfonamides is 1. The molecule has 9 heteroatoms. The monoisotopic (exact) mass is 431 g/mol. The van der Waals surface area contributed by atoms with Crippen molar-refractivity contribution >= 4 is 38.5 Å². The summed E-state index contributed by atoms with van der Waals surface area (Å²) in [5.41, 5.74) is 1.57. The van der Waals surface area contributed by atoms with Crippen LogP contribution in [0.25, 0.3) is 10.9 Å². The van der Waals surface area contributed by atoms with Gasteiger partial charge in [-0.05, 0) is 25.1 Å². The van der Waals surface area contributed by atoms with Gasteiger partial charge in [-0.1, -0.05) is 30.0 Å². The van der Waals surface area contributed by atoms with Crippen LogP contribution in [0, 0.1) is 0 Å². The summed E-state index contributed by atoms with van der Waals surface area (Å²) in [7, 11) is -3.57. The van der Waals surface area contributed by atoms with Crippen molar-refractivity contribution < 1.29 is 17.9 Å². The highest BCUT2D eigenvalue weighted by atomic mass is 32.2. The summed E-state index contributed by atoms with van der Waals surface area (Å²) in [6.45, 7) is 3.31. The molecule has 7 nitrogen and oxygen atoms in total. The van der Waals surface area contributed by atoms with E-state index in [4.69, 9.17) is 4.74 Å². The predicted molar refractivity (Wildman–Crippen MR) is 112 cm³/mol. The van der Waals surface area contributed by atoms with Crippen molar-refractivity contribution in [2.75, 3.05) is 26.3 Å². The maximum Gasteiger partial charge on any atom is 0.244 e. The predicted octanol–water partition coefficient (Wildman–Crippen LogP) is 2.95. The lowest BCUT2D eigenvalue weighted by Crippen LogP contribution is -2.40. The summed E-state index contributed by atoms with van der Waals surface area (Å²) in [5, 5.41) is 1.14. The number of nitrogens with zero attached hydrogens (tertiary/aromatic N) is 2. The minimum atomic E-state index is -3.57. The molecule has 0 saturated carbocycles. The number of carbonyl (C=O) groups is 1. The summed E-state index contributed by atoms with van der Waals surface area (Å²) in [4.78, 5) is 20.4. The summed E-state index contributed by atoms with van der Waals surface area (Å²) in [6.07, 6.45) is 3.09. The van der Waals surface area contributed by atoms with Crippen molar-refractivity contribution in [3.63, 3.8) is 0 Å². The molecule has 4 rings (SSSR count). The molecule has 3 heterocycles. The van der Waals surface area contributed by atoms with Crippen LogP contribution in [0.3, 0.4) is 0 Å². The minimum absolute atomic E-state index is 0.000681. The molecule has 0 unspecified atom stereocenters. The highest BCUT2D eigenvalue weighted by Crippen LogP contribution is 2.28.